The van der Waals surface area contributed by atoms with E-state index >= 15 is 0 Å². The van der Waals surface area contributed by atoms with E-state index in [4.69, 9.17) is 9.47 Å². The van der Waals surface area contributed by atoms with E-state index in [2.05, 4.69) is 5.32 Å². The molecule has 0 spiro atoms. The first kappa shape index (κ1) is 28.9. The Morgan fingerprint density at radius 1 is 0.976 bits per heavy atom. The highest BCUT2D eigenvalue weighted by molar-refractivity contribution is 6.12. The lowest BCUT2D eigenvalue weighted by Crippen LogP contribution is -2.47. The molecule has 2 amide bonds. The zero-order valence-corrected chi connectivity index (χ0v) is 24.6. The van der Waals surface area contributed by atoms with E-state index in [1.807, 2.05) is 45.0 Å². The maximum absolute atomic E-state index is 14.0. The number of pyridine rings is 1. The summed E-state index contributed by atoms with van der Waals surface area (Å²) in [6.45, 7) is 6.11. The molecule has 2 aromatic carbocycles. The predicted octanol–water partition coefficient (Wildman–Crippen LogP) is 4.51. The Morgan fingerprint density at radius 3 is 2.26 bits per heavy atom. The Kier molecular flexibility index (Phi) is 7.81. The summed E-state index contributed by atoms with van der Waals surface area (Å²) in [6, 6.07) is 16.1. The summed E-state index contributed by atoms with van der Waals surface area (Å²) < 4.78 is 14.3. The van der Waals surface area contributed by atoms with Crippen LogP contribution in [-0.4, -0.2) is 63.7 Å². The molecule has 1 N–H and O–H groups in total. The van der Waals surface area contributed by atoms with E-state index in [9.17, 15) is 19.2 Å². The maximum atomic E-state index is 14.0. The van der Waals surface area contributed by atoms with Crippen molar-refractivity contribution in [2.75, 3.05) is 20.2 Å². The fourth-order valence-electron chi connectivity index (χ4n) is 5.63. The van der Waals surface area contributed by atoms with Crippen molar-refractivity contribution in [3.05, 3.63) is 76.2 Å². The lowest BCUT2D eigenvalue weighted by Gasteiger charge is -2.33. The van der Waals surface area contributed by atoms with E-state index in [0.29, 0.717) is 42.5 Å². The molecule has 0 saturated carbocycles. The summed E-state index contributed by atoms with van der Waals surface area (Å²) in [6.07, 6.45) is 0.653. The Balaban J connectivity index is 1.50. The number of amides is 2. The number of nitrogens with one attached hydrogen (secondary N) is 1. The van der Waals surface area contributed by atoms with Gasteiger partial charge in [-0.25, -0.2) is 4.79 Å². The Hall–Kier alpha value is -4.60. The minimum absolute atomic E-state index is 0.114. The molecule has 1 fully saturated rings. The van der Waals surface area contributed by atoms with Crippen LogP contribution in [0.1, 0.15) is 54.5 Å². The van der Waals surface area contributed by atoms with Gasteiger partial charge in [-0.15, -0.1) is 0 Å². The van der Waals surface area contributed by atoms with Gasteiger partial charge in [0.2, 0.25) is 0 Å². The zero-order valence-electron chi connectivity index (χ0n) is 24.6. The number of rotatable bonds is 6. The number of aryl methyl sites for hydroxylation is 1. The average molecular weight is 573 g/mol. The van der Waals surface area contributed by atoms with Crippen molar-refractivity contribution < 1.29 is 23.9 Å². The van der Waals surface area contributed by atoms with Gasteiger partial charge in [0, 0.05) is 37.1 Å². The zero-order chi connectivity index (χ0) is 30.2. The number of methoxy groups -OCH3 is 1. The molecule has 5 rings (SSSR count). The van der Waals surface area contributed by atoms with Gasteiger partial charge >= 0.3 is 6.09 Å². The van der Waals surface area contributed by atoms with Crippen molar-refractivity contribution in [1.82, 2.24) is 19.4 Å². The second-order valence-electron chi connectivity index (χ2n) is 11.6. The number of Topliss-reactive ketones (excluding diaryl/α,β-unsaturated/α-hetero) is 1. The molecule has 10 nitrogen and oxygen atoms in total. The maximum Gasteiger partial charge on any atom is 0.407 e. The van der Waals surface area contributed by atoms with Crippen LogP contribution < -0.4 is 15.6 Å². The smallest absolute Gasteiger partial charge is 0.407 e. The summed E-state index contributed by atoms with van der Waals surface area (Å²) in [5, 5.41) is 3.87. The molecule has 0 radical (unpaired) electrons. The molecule has 1 saturated heterocycles. The number of fused-ring (bicyclic) bond motifs is 3. The molecule has 0 atom stereocenters. The summed E-state index contributed by atoms with van der Waals surface area (Å²) in [7, 11) is 3.19. The van der Waals surface area contributed by atoms with Crippen molar-refractivity contribution in [2.24, 2.45) is 7.05 Å². The van der Waals surface area contributed by atoms with Crippen LogP contribution in [0.25, 0.3) is 21.8 Å². The van der Waals surface area contributed by atoms with E-state index in [0.717, 1.165) is 5.39 Å². The molecule has 1 aliphatic rings. The largest absolute Gasteiger partial charge is 0.493 e. The Labute approximate surface area is 243 Å². The van der Waals surface area contributed by atoms with Crippen molar-refractivity contribution in [2.45, 2.75) is 51.8 Å². The van der Waals surface area contributed by atoms with E-state index < -0.39 is 17.3 Å². The summed E-state index contributed by atoms with van der Waals surface area (Å²) >= 11 is 0. The molecule has 0 aliphatic carbocycles. The van der Waals surface area contributed by atoms with Crippen molar-refractivity contribution in [1.29, 1.82) is 0 Å². The molecule has 3 heterocycles. The minimum atomic E-state index is -0.594. The number of hydrogen-bond acceptors (Lipinski definition) is 6. The number of nitrogens with zero attached hydrogens (tertiary/aromatic N) is 3. The van der Waals surface area contributed by atoms with E-state index in [-0.39, 0.29) is 41.1 Å². The van der Waals surface area contributed by atoms with Gasteiger partial charge in [0.25, 0.3) is 11.5 Å². The molecule has 0 unspecified atom stereocenters. The number of carbonyl (C=O) groups is 3. The third-order valence-electron chi connectivity index (χ3n) is 7.57. The third-order valence-corrected chi connectivity index (χ3v) is 7.57. The number of aromatic nitrogens is 2. The van der Waals surface area contributed by atoms with Crippen molar-refractivity contribution in [3.63, 3.8) is 0 Å². The topological polar surface area (TPSA) is 112 Å². The van der Waals surface area contributed by atoms with Gasteiger partial charge in [-0.2, -0.15) is 0 Å². The molecule has 0 bridgehead atoms. The Bertz CT molecular complexity index is 1720. The van der Waals surface area contributed by atoms with Gasteiger partial charge in [0.1, 0.15) is 11.0 Å². The van der Waals surface area contributed by atoms with Crippen LogP contribution in [0.5, 0.6) is 5.75 Å². The SMILES string of the molecule is COc1c(C(=O)N2CCC(NC(=O)OC(C)(C)C)CC2)n(C)c2c1c(=O)n(CC(=O)c1ccccc1)c1ccccc21. The van der Waals surface area contributed by atoms with E-state index in [1.54, 1.807) is 46.8 Å². The quantitative estimate of drug-likeness (QED) is 0.340. The fraction of sp³-hybridized carbons (Fsp3) is 0.375. The second kappa shape index (κ2) is 11.3. The van der Waals surface area contributed by atoms with Crippen LogP contribution in [0, 0.1) is 0 Å². The molecule has 1 aliphatic heterocycles. The first-order valence-electron chi connectivity index (χ1n) is 14.0. The summed E-state index contributed by atoms with van der Waals surface area (Å²) in [4.78, 5) is 55.1. The Morgan fingerprint density at radius 2 is 1.62 bits per heavy atom. The molecular formula is C32H36N4O6. The molecule has 2 aromatic heterocycles. The molecule has 220 valence electrons. The van der Waals surface area contributed by atoms with Crippen LogP contribution >= 0.6 is 0 Å². The highest BCUT2D eigenvalue weighted by Gasteiger charge is 2.32. The number of para-hydroxylation sites is 1. The van der Waals surface area contributed by atoms with E-state index in [1.165, 1.54) is 11.7 Å². The number of benzene rings is 2. The number of carbonyl (C=O) groups excluding carboxylic acids is 3. The average Bonchev–Trinajstić information content (AvgIpc) is 3.26. The lowest BCUT2D eigenvalue weighted by molar-refractivity contribution is 0.0472. The van der Waals surface area contributed by atoms with Gasteiger partial charge in [-0.05, 0) is 39.7 Å². The monoisotopic (exact) mass is 572 g/mol. The van der Waals surface area contributed by atoms with Crippen LogP contribution in [0.3, 0.4) is 0 Å². The first-order valence-corrected chi connectivity index (χ1v) is 14.0. The standard InChI is InChI=1S/C32H36N4O6/c1-32(2,3)42-31(40)33-21-15-17-35(18-16-21)30(39)27-28(41-5)25-26(34(27)4)22-13-9-10-14-23(22)36(29(25)38)19-24(37)20-11-7-6-8-12-20/h6-14,21H,15-19H2,1-5H3,(H,33,40). The number of ether oxygens (including phenoxy) is 2. The van der Waals surface area contributed by atoms with Crippen LogP contribution in [-0.2, 0) is 18.3 Å². The van der Waals surface area contributed by atoms with Gasteiger partial charge in [-0.3, -0.25) is 19.0 Å². The van der Waals surface area contributed by atoms with Crippen molar-refractivity contribution >= 4 is 39.6 Å². The second-order valence-corrected chi connectivity index (χ2v) is 11.6. The number of alkyl carbamates (subject to hydrolysis) is 1. The molecule has 10 heteroatoms. The lowest BCUT2D eigenvalue weighted by atomic mass is 10.0. The third kappa shape index (κ3) is 5.48. The summed E-state index contributed by atoms with van der Waals surface area (Å²) in [5.74, 6) is -0.281. The van der Waals surface area contributed by atoms with Crippen LogP contribution in [0.2, 0.25) is 0 Å². The molecule has 4 aromatic rings. The summed E-state index contributed by atoms with van der Waals surface area (Å²) in [5.41, 5.74) is 0.939. The van der Waals surface area contributed by atoms with Crippen molar-refractivity contribution in [3.8, 4) is 5.75 Å². The fourth-order valence-corrected chi connectivity index (χ4v) is 5.63. The number of likely N-dealkylation sites (tertiary alicyclic amines) is 1. The predicted molar refractivity (Wildman–Crippen MR) is 160 cm³/mol. The van der Waals surface area contributed by atoms with Gasteiger partial charge < -0.3 is 24.3 Å². The first-order chi connectivity index (χ1) is 20.0. The molecular weight excluding hydrogens is 536 g/mol. The highest BCUT2D eigenvalue weighted by Crippen LogP contribution is 2.35. The van der Waals surface area contributed by atoms with Crippen LogP contribution in [0.4, 0.5) is 4.79 Å². The number of hydrogen-bond donors (Lipinski definition) is 1. The van der Waals surface area contributed by atoms with Gasteiger partial charge in [0.15, 0.2) is 17.2 Å². The van der Waals surface area contributed by atoms with Gasteiger partial charge in [0.05, 0.1) is 24.7 Å². The number of ketones is 1. The van der Waals surface area contributed by atoms with Gasteiger partial charge in [-0.1, -0.05) is 48.5 Å². The minimum Gasteiger partial charge on any atom is -0.493 e. The number of piperidine rings is 1. The normalized spacial score (nSPS) is 14.3. The van der Waals surface area contributed by atoms with Crippen LogP contribution in [0.15, 0.2) is 59.4 Å². The highest BCUT2D eigenvalue weighted by atomic mass is 16.6. The molecule has 42 heavy (non-hydrogen) atoms.